The summed E-state index contributed by atoms with van der Waals surface area (Å²) in [5, 5.41) is 13.2. The van der Waals surface area contributed by atoms with Crippen molar-refractivity contribution >= 4 is 11.6 Å². The van der Waals surface area contributed by atoms with Crippen molar-refractivity contribution in [1.29, 1.82) is 0 Å². The normalized spacial score (nSPS) is 11.2. The van der Waals surface area contributed by atoms with Crippen LogP contribution < -0.4 is 5.32 Å². The van der Waals surface area contributed by atoms with Gasteiger partial charge in [0, 0.05) is 31.9 Å². The van der Waals surface area contributed by atoms with Crippen molar-refractivity contribution in [3.63, 3.8) is 0 Å². The standard InChI is InChI=1S/C14H19FN2O4/c1-14(2,6-7-21-3)9-16-13(18)10-4-5-12(17(19)20)11(15)8-10/h4-5,8H,6-7,9H2,1-3H3,(H,16,18). The van der Waals surface area contributed by atoms with Crippen molar-refractivity contribution in [2.24, 2.45) is 5.41 Å². The van der Waals surface area contributed by atoms with E-state index in [1.165, 1.54) is 6.07 Å². The summed E-state index contributed by atoms with van der Waals surface area (Å²) in [6.45, 7) is 4.92. The van der Waals surface area contributed by atoms with Crippen molar-refractivity contribution in [1.82, 2.24) is 5.32 Å². The van der Waals surface area contributed by atoms with Crippen LogP contribution in [0.5, 0.6) is 0 Å². The van der Waals surface area contributed by atoms with Gasteiger partial charge in [0.25, 0.3) is 5.91 Å². The maximum absolute atomic E-state index is 13.5. The zero-order valence-electron chi connectivity index (χ0n) is 12.3. The third-order valence-electron chi connectivity index (χ3n) is 3.12. The highest BCUT2D eigenvalue weighted by Gasteiger charge is 2.20. The molecule has 1 rings (SSSR count). The summed E-state index contributed by atoms with van der Waals surface area (Å²) >= 11 is 0. The van der Waals surface area contributed by atoms with Crippen LogP contribution >= 0.6 is 0 Å². The minimum absolute atomic E-state index is 0.0561. The number of hydrogen-bond donors (Lipinski definition) is 1. The monoisotopic (exact) mass is 298 g/mol. The Balaban J connectivity index is 2.68. The number of ether oxygens (including phenoxy) is 1. The Morgan fingerprint density at radius 3 is 2.67 bits per heavy atom. The minimum Gasteiger partial charge on any atom is -0.385 e. The summed E-state index contributed by atoms with van der Waals surface area (Å²) in [7, 11) is 1.61. The molecule has 0 saturated heterocycles. The Bertz CT molecular complexity index is 532. The Labute approximate surface area is 122 Å². The van der Waals surface area contributed by atoms with Crippen molar-refractivity contribution in [3.8, 4) is 0 Å². The number of carbonyl (C=O) groups excluding carboxylic acids is 1. The fraction of sp³-hybridized carbons (Fsp3) is 0.500. The zero-order valence-corrected chi connectivity index (χ0v) is 12.3. The van der Waals surface area contributed by atoms with E-state index >= 15 is 0 Å². The number of nitrogens with one attached hydrogen (secondary N) is 1. The van der Waals surface area contributed by atoms with Crippen LogP contribution in [0.4, 0.5) is 10.1 Å². The van der Waals surface area contributed by atoms with Crippen molar-refractivity contribution < 1.29 is 18.8 Å². The van der Waals surface area contributed by atoms with E-state index in [-0.39, 0.29) is 11.0 Å². The summed E-state index contributed by atoms with van der Waals surface area (Å²) in [4.78, 5) is 21.6. The van der Waals surface area contributed by atoms with Crippen LogP contribution in [-0.4, -0.2) is 31.1 Å². The maximum atomic E-state index is 13.5. The lowest BCUT2D eigenvalue weighted by Gasteiger charge is -2.24. The van der Waals surface area contributed by atoms with E-state index in [0.29, 0.717) is 13.2 Å². The lowest BCUT2D eigenvalue weighted by molar-refractivity contribution is -0.387. The Morgan fingerprint density at radius 2 is 2.14 bits per heavy atom. The summed E-state index contributed by atoms with van der Waals surface area (Å²) in [5.74, 6) is -1.49. The first-order valence-electron chi connectivity index (χ1n) is 6.48. The SMILES string of the molecule is COCCC(C)(C)CNC(=O)c1ccc([N+](=O)[O-])c(F)c1. The van der Waals surface area contributed by atoms with Gasteiger partial charge in [-0.3, -0.25) is 14.9 Å². The average Bonchev–Trinajstić information content (AvgIpc) is 2.42. The highest BCUT2D eigenvalue weighted by molar-refractivity contribution is 5.94. The van der Waals surface area contributed by atoms with Crippen LogP contribution in [0.2, 0.25) is 0 Å². The summed E-state index contributed by atoms with van der Waals surface area (Å²) in [6.07, 6.45) is 0.762. The second-order valence-corrected chi connectivity index (χ2v) is 5.51. The van der Waals surface area contributed by atoms with Crippen LogP contribution in [0.15, 0.2) is 18.2 Å². The molecule has 0 saturated carbocycles. The van der Waals surface area contributed by atoms with Crippen LogP contribution in [-0.2, 0) is 4.74 Å². The van der Waals surface area contributed by atoms with E-state index in [1.54, 1.807) is 7.11 Å². The molecule has 21 heavy (non-hydrogen) atoms. The predicted octanol–water partition coefficient (Wildman–Crippen LogP) is 2.53. The first-order chi connectivity index (χ1) is 9.76. The molecule has 0 bridgehead atoms. The molecule has 0 fully saturated rings. The largest absolute Gasteiger partial charge is 0.385 e. The molecule has 0 unspecified atom stereocenters. The highest BCUT2D eigenvalue weighted by Crippen LogP contribution is 2.20. The molecule has 0 aliphatic rings. The molecule has 0 aliphatic heterocycles. The van der Waals surface area contributed by atoms with Crippen LogP contribution in [0.25, 0.3) is 0 Å². The van der Waals surface area contributed by atoms with Crippen molar-refractivity contribution in [3.05, 3.63) is 39.7 Å². The fourth-order valence-electron chi connectivity index (χ4n) is 1.68. The average molecular weight is 298 g/mol. The van der Waals surface area contributed by atoms with Gasteiger partial charge < -0.3 is 10.1 Å². The topological polar surface area (TPSA) is 81.5 Å². The molecular weight excluding hydrogens is 279 g/mol. The molecule has 116 valence electrons. The first-order valence-corrected chi connectivity index (χ1v) is 6.48. The molecule has 0 spiro atoms. The number of methoxy groups -OCH3 is 1. The summed E-state index contributed by atoms with van der Waals surface area (Å²) < 4.78 is 18.5. The van der Waals surface area contributed by atoms with Gasteiger partial charge in [-0.25, -0.2) is 0 Å². The second-order valence-electron chi connectivity index (χ2n) is 5.51. The Hall–Kier alpha value is -2.02. The molecule has 0 heterocycles. The lowest BCUT2D eigenvalue weighted by Crippen LogP contribution is -2.34. The molecule has 0 radical (unpaired) electrons. The van der Waals surface area contributed by atoms with Gasteiger partial charge >= 0.3 is 5.69 Å². The maximum Gasteiger partial charge on any atom is 0.304 e. The summed E-state index contributed by atoms with van der Waals surface area (Å²) in [6, 6.07) is 3.09. The van der Waals surface area contributed by atoms with Crippen LogP contribution in [0.1, 0.15) is 30.6 Å². The van der Waals surface area contributed by atoms with Crippen LogP contribution in [0.3, 0.4) is 0 Å². The molecule has 1 aromatic carbocycles. The molecule has 0 aromatic heterocycles. The molecular formula is C14H19FN2O4. The minimum atomic E-state index is -1.02. The third kappa shape index (κ3) is 5.11. The number of rotatable bonds is 7. The molecule has 6 nitrogen and oxygen atoms in total. The fourth-order valence-corrected chi connectivity index (χ4v) is 1.68. The van der Waals surface area contributed by atoms with Crippen molar-refractivity contribution in [2.75, 3.05) is 20.3 Å². The predicted molar refractivity (Wildman–Crippen MR) is 75.7 cm³/mol. The van der Waals surface area contributed by atoms with Crippen molar-refractivity contribution in [2.45, 2.75) is 20.3 Å². The van der Waals surface area contributed by atoms with Gasteiger partial charge in [0.05, 0.1) is 4.92 Å². The lowest BCUT2D eigenvalue weighted by atomic mass is 9.89. The molecule has 0 aliphatic carbocycles. The number of carbonyl (C=O) groups is 1. The summed E-state index contributed by atoms with van der Waals surface area (Å²) in [5.41, 5.74) is -0.752. The van der Waals surface area contributed by atoms with Gasteiger partial charge in [-0.05, 0) is 24.0 Å². The highest BCUT2D eigenvalue weighted by atomic mass is 19.1. The van der Waals surface area contributed by atoms with Gasteiger partial charge in [-0.2, -0.15) is 4.39 Å². The number of nitro groups is 1. The molecule has 7 heteroatoms. The quantitative estimate of drug-likeness (QED) is 0.619. The molecule has 1 N–H and O–H groups in total. The molecule has 1 aromatic rings. The number of hydrogen-bond acceptors (Lipinski definition) is 4. The third-order valence-corrected chi connectivity index (χ3v) is 3.12. The van der Waals surface area contributed by atoms with E-state index in [0.717, 1.165) is 18.6 Å². The Morgan fingerprint density at radius 1 is 1.48 bits per heavy atom. The number of benzene rings is 1. The van der Waals surface area contributed by atoms with E-state index in [2.05, 4.69) is 5.32 Å². The van der Waals surface area contributed by atoms with Gasteiger partial charge in [-0.1, -0.05) is 13.8 Å². The van der Waals surface area contributed by atoms with E-state index in [4.69, 9.17) is 4.74 Å². The zero-order chi connectivity index (χ0) is 16.0. The molecule has 0 atom stereocenters. The van der Waals surface area contributed by atoms with Gasteiger partial charge in [0.1, 0.15) is 0 Å². The molecule has 1 amide bonds. The van der Waals surface area contributed by atoms with E-state index in [9.17, 15) is 19.3 Å². The van der Waals surface area contributed by atoms with E-state index in [1.807, 2.05) is 13.8 Å². The van der Waals surface area contributed by atoms with Gasteiger partial charge in [0.15, 0.2) is 0 Å². The number of amides is 1. The number of nitrogens with zero attached hydrogens (tertiary/aromatic N) is 1. The number of halogens is 1. The second kappa shape index (κ2) is 7.12. The smallest absolute Gasteiger partial charge is 0.304 e. The van der Waals surface area contributed by atoms with Gasteiger partial charge in [0.2, 0.25) is 5.82 Å². The van der Waals surface area contributed by atoms with Crippen LogP contribution in [0, 0.1) is 21.3 Å². The number of nitro benzene ring substituents is 1. The first kappa shape index (κ1) is 17.0. The van der Waals surface area contributed by atoms with E-state index < -0.39 is 22.3 Å². The van der Waals surface area contributed by atoms with Gasteiger partial charge in [-0.15, -0.1) is 0 Å². The Kier molecular flexibility index (Phi) is 5.78.